The van der Waals surface area contributed by atoms with Crippen molar-refractivity contribution in [1.29, 1.82) is 0 Å². The fourth-order valence-electron chi connectivity index (χ4n) is 5.67. The van der Waals surface area contributed by atoms with Crippen molar-refractivity contribution in [2.24, 2.45) is 0 Å². The van der Waals surface area contributed by atoms with Crippen LogP contribution in [-0.4, -0.2) is 21.8 Å². The van der Waals surface area contributed by atoms with E-state index in [1.807, 2.05) is 0 Å². The Kier molecular flexibility index (Phi) is 20.5. The van der Waals surface area contributed by atoms with Crippen molar-refractivity contribution in [3.8, 4) is 39.3 Å². The zero-order chi connectivity index (χ0) is 42.5. The Hall–Kier alpha value is -4.76. The second-order valence-electron chi connectivity index (χ2n) is 12.8. The lowest BCUT2D eigenvalue weighted by molar-refractivity contribution is -0.698. The third-order valence-corrected chi connectivity index (χ3v) is 8.10. The van der Waals surface area contributed by atoms with Crippen LogP contribution in [0.4, 0.5) is 51.8 Å². The highest BCUT2D eigenvalue weighted by Crippen LogP contribution is 2.30. The largest absolute Gasteiger partial charge is 0.673 e. The first-order valence-electron chi connectivity index (χ1n) is 18.6. The van der Waals surface area contributed by atoms with Gasteiger partial charge in [-0.05, 0) is 48.2 Å². The lowest BCUT2D eigenvalue weighted by Gasteiger charge is -2.12. The van der Waals surface area contributed by atoms with Gasteiger partial charge in [-0.2, -0.15) is 4.57 Å². The predicted octanol–water partition coefficient (Wildman–Crippen LogP) is 12.6. The van der Waals surface area contributed by atoms with Gasteiger partial charge in [0.2, 0.25) is 17.1 Å². The summed E-state index contributed by atoms with van der Waals surface area (Å²) in [6, 6.07) is 35.4. The lowest BCUT2D eigenvalue weighted by Crippen LogP contribution is -2.39. The van der Waals surface area contributed by atoms with Gasteiger partial charge in [0.25, 0.3) is 0 Å². The average Bonchev–Trinajstić information content (AvgIpc) is 3.14. The van der Waals surface area contributed by atoms with Gasteiger partial charge in [0.1, 0.15) is 13.1 Å². The molecular weight excluding hydrogens is 771 g/mol. The number of halogens is 12. The minimum Gasteiger partial charge on any atom is -0.418 e. The molecule has 0 radical (unpaired) electrons. The maximum Gasteiger partial charge on any atom is 0.673 e. The molecule has 0 spiro atoms. The van der Waals surface area contributed by atoms with Crippen LogP contribution in [0.1, 0.15) is 65.2 Å². The van der Waals surface area contributed by atoms with E-state index in [1.165, 1.54) is 90.7 Å². The molecule has 0 saturated heterocycles. The first-order chi connectivity index (χ1) is 26.8. The zero-order valence-electron chi connectivity index (χ0n) is 31.7. The fraction of sp³-hybridized carbons (Fsp3) is 0.308. The second kappa shape index (κ2) is 24.1. The van der Waals surface area contributed by atoms with E-state index in [0.717, 1.165) is 13.1 Å². The molecule has 0 unspecified atom stereocenters. The van der Waals surface area contributed by atoms with E-state index in [2.05, 4.69) is 149 Å². The molecule has 3 aromatic heterocycles. The molecule has 3 nitrogen and oxygen atoms in total. The number of hydrogen-bond donors (Lipinski definition) is 0. The van der Waals surface area contributed by atoms with Gasteiger partial charge in [-0.25, -0.2) is 9.13 Å². The number of hydrogen-bond acceptors (Lipinski definition) is 0. The molecule has 0 N–H and O–H groups in total. The Labute approximate surface area is 326 Å². The summed E-state index contributed by atoms with van der Waals surface area (Å²) in [6.07, 6.45) is 19.1. The van der Waals surface area contributed by atoms with Gasteiger partial charge in [-0.15, -0.1) is 0 Å². The van der Waals surface area contributed by atoms with Crippen LogP contribution in [0, 0.1) is 0 Å². The van der Waals surface area contributed by atoms with E-state index in [-0.39, 0.29) is 0 Å². The normalized spacial score (nSPS) is 11.3. The SMILES string of the molecule is CCCCCC[n+]1ccc(-c2cc(-c3ccccc3)[n+](-c3cc[n+](CCCCCC)cc3)c(-c3ccccc3)c2)cc1.F[B-](F)(F)F.F[B-](F)(F)F.F[B-](F)(F)F. The van der Waals surface area contributed by atoms with Gasteiger partial charge in [0.05, 0.1) is 12.1 Å². The molecule has 5 aromatic rings. The molecule has 3 heterocycles. The molecule has 0 atom stereocenters. The summed E-state index contributed by atoms with van der Waals surface area (Å²) in [5.74, 6) is 0. The van der Waals surface area contributed by atoms with Gasteiger partial charge in [-0.3, -0.25) is 0 Å². The third-order valence-electron chi connectivity index (χ3n) is 8.10. The van der Waals surface area contributed by atoms with Crippen molar-refractivity contribution in [2.45, 2.75) is 78.3 Å². The maximum absolute atomic E-state index is 9.75. The van der Waals surface area contributed by atoms with E-state index >= 15 is 0 Å². The van der Waals surface area contributed by atoms with Gasteiger partial charge in [0, 0.05) is 48.2 Å². The molecule has 0 bridgehead atoms. The number of benzene rings is 2. The lowest BCUT2D eigenvalue weighted by atomic mass is 9.99. The summed E-state index contributed by atoms with van der Waals surface area (Å²) in [5, 5.41) is 0. The molecule has 0 aliphatic carbocycles. The fourth-order valence-corrected chi connectivity index (χ4v) is 5.67. The standard InChI is InChI=1S/C39H46N3.3BF4/c1-3-5-7-15-25-40-27-21-33(22-28-40)36-31-38(34-17-11-9-12-18-34)42(39(32-36)35-19-13-10-14-20-35)37-23-29-41(30-24-37)26-16-8-6-4-2;3*2-1(3,4)5/h9-14,17-24,27-32H,3-8,15-16,25-26H2,1-2H3;;;/q+3;3*-1. The summed E-state index contributed by atoms with van der Waals surface area (Å²) in [4.78, 5) is 0. The van der Waals surface area contributed by atoms with Crippen LogP contribution < -0.4 is 13.7 Å². The van der Waals surface area contributed by atoms with Crippen molar-refractivity contribution in [3.05, 3.63) is 122 Å². The van der Waals surface area contributed by atoms with Crippen LogP contribution in [0.2, 0.25) is 0 Å². The highest BCUT2D eigenvalue weighted by molar-refractivity contribution is 6.50. The molecule has 310 valence electrons. The second-order valence-corrected chi connectivity index (χ2v) is 12.8. The molecule has 57 heavy (non-hydrogen) atoms. The molecule has 18 heteroatoms. The van der Waals surface area contributed by atoms with Gasteiger partial charge in [-0.1, -0.05) is 75.9 Å². The van der Waals surface area contributed by atoms with Crippen LogP contribution in [0.5, 0.6) is 0 Å². The van der Waals surface area contributed by atoms with E-state index in [0.29, 0.717) is 0 Å². The molecule has 0 amide bonds. The molecule has 0 aliphatic heterocycles. The minimum atomic E-state index is -6.00. The average molecular weight is 817 g/mol. The minimum absolute atomic E-state index is 1.06. The maximum atomic E-state index is 9.75. The van der Waals surface area contributed by atoms with E-state index in [1.54, 1.807) is 0 Å². The van der Waals surface area contributed by atoms with Crippen LogP contribution in [-0.2, 0) is 13.1 Å². The Morgan fingerprint density at radius 1 is 0.386 bits per heavy atom. The van der Waals surface area contributed by atoms with Crippen LogP contribution in [0.15, 0.2) is 122 Å². The Bertz CT molecular complexity index is 1730. The van der Waals surface area contributed by atoms with Crippen molar-refractivity contribution >= 4 is 21.8 Å². The van der Waals surface area contributed by atoms with Crippen LogP contribution in [0.3, 0.4) is 0 Å². The van der Waals surface area contributed by atoms with Gasteiger partial charge < -0.3 is 51.8 Å². The zero-order valence-corrected chi connectivity index (χ0v) is 31.7. The molecule has 2 aromatic carbocycles. The number of aromatic nitrogens is 3. The van der Waals surface area contributed by atoms with Crippen molar-refractivity contribution < 1.29 is 65.5 Å². The molecule has 0 aliphatic rings. The molecule has 0 saturated carbocycles. The van der Waals surface area contributed by atoms with Crippen molar-refractivity contribution in [2.75, 3.05) is 0 Å². The van der Waals surface area contributed by atoms with E-state index < -0.39 is 21.8 Å². The number of rotatable bonds is 14. The number of nitrogens with zero attached hydrogens (tertiary/aromatic N) is 3. The number of pyridine rings is 3. The quantitative estimate of drug-likeness (QED) is 0.0458. The first-order valence-corrected chi connectivity index (χ1v) is 18.6. The number of aryl methyl sites for hydroxylation is 2. The highest BCUT2D eigenvalue weighted by Gasteiger charge is 2.26. The summed E-state index contributed by atoms with van der Waals surface area (Å²) < 4.78 is 124. The van der Waals surface area contributed by atoms with Crippen molar-refractivity contribution in [1.82, 2.24) is 0 Å². The molecule has 5 rings (SSSR count). The van der Waals surface area contributed by atoms with Crippen LogP contribution in [0.25, 0.3) is 39.3 Å². The first kappa shape index (κ1) is 48.4. The predicted molar refractivity (Wildman–Crippen MR) is 204 cm³/mol. The smallest absolute Gasteiger partial charge is 0.418 e. The van der Waals surface area contributed by atoms with Crippen molar-refractivity contribution in [3.63, 3.8) is 0 Å². The number of unbranched alkanes of at least 4 members (excludes halogenated alkanes) is 6. The van der Waals surface area contributed by atoms with E-state index in [4.69, 9.17) is 0 Å². The summed E-state index contributed by atoms with van der Waals surface area (Å²) >= 11 is 0. The molecule has 0 fully saturated rings. The topological polar surface area (TPSA) is 11.6 Å². The van der Waals surface area contributed by atoms with Crippen LogP contribution >= 0.6 is 0 Å². The van der Waals surface area contributed by atoms with Gasteiger partial charge >= 0.3 is 21.8 Å². The Balaban J connectivity index is 0.000000638. The van der Waals surface area contributed by atoms with Gasteiger partial charge in [0.15, 0.2) is 24.8 Å². The Morgan fingerprint density at radius 3 is 1.05 bits per heavy atom. The summed E-state index contributed by atoms with van der Waals surface area (Å²) in [7, 11) is -18.0. The molecular formula is C39H46B3F12N3. The summed E-state index contributed by atoms with van der Waals surface area (Å²) in [6.45, 7) is 6.67. The monoisotopic (exact) mass is 817 g/mol. The Morgan fingerprint density at radius 2 is 0.719 bits per heavy atom. The highest BCUT2D eigenvalue weighted by atomic mass is 19.5. The third kappa shape index (κ3) is 21.9. The summed E-state index contributed by atoms with van der Waals surface area (Å²) in [5.41, 5.74) is 8.41. The van der Waals surface area contributed by atoms with E-state index in [9.17, 15) is 51.8 Å².